The summed E-state index contributed by atoms with van der Waals surface area (Å²) in [6.07, 6.45) is -1.65. The summed E-state index contributed by atoms with van der Waals surface area (Å²) in [7, 11) is 0. The second-order valence-electron chi connectivity index (χ2n) is 5.20. The van der Waals surface area contributed by atoms with Crippen molar-refractivity contribution in [1.29, 1.82) is 0 Å². The summed E-state index contributed by atoms with van der Waals surface area (Å²) in [4.78, 5) is 33.7. The van der Waals surface area contributed by atoms with Gasteiger partial charge in [-0.2, -0.15) is 0 Å². The zero-order chi connectivity index (χ0) is 17.4. The fourth-order valence-electron chi connectivity index (χ4n) is 1.99. The molecule has 2 amide bonds. The first-order valence-electron chi connectivity index (χ1n) is 7.10. The van der Waals surface area contributed by atoms with Gasteiger partial charge in [-0.15, -0.1) is 0 Å². The minimum atomic E-state index is -1.56. The monoisotopic (exact) mass is 323 g/mol. The van der Waals surface area contributed by atoms with Crippen molar-refractivity contribution < 1.29 is 24.6 Å². The predicted molar refractivity (Wildman–Crippen MR) is 82.1 cm³/mol. The highest BCUT2D eigenvalue weighted by atomic mass is 16.4. The molecule has 1 aromatic carbocycles. The van der Waals surface area contributed by atoms with Gasteiger partial charge in [0.15, 0.2) is 0 Å². The van der Waals surface area contributed by atoms with Crippen LogP contribution in [-0.2, 0) is 20.8 Å². The SMILES string of the molecule is NC(=O)CC[C@H](NC(=O)[C@@H](O)[C@H](N)Cc1ccccc1)C(=O)O. The van der Waals surface area contributed by atoms with Crippen molar-refractivity contribution in [2.45, 2.75) is 37.5 Å². The van der Waals surface area contributed by atoms with Crippen molar-refractivity contribution in [2.75, 3.05) is 0 Å². The number of amides is 2. The van der Waals surface area contributed by atoms with Crippen LogP contribution in [0.3, 0.4) is 0 Å². The Kier molecular flexibility index (Phi) is 7.17. The van der Waals surface area contributed by atoms with Crippen LogP contribution in [0.5, 0.6) is 0 Å². The van der Waals surface area contributed by atoms with Gasteiger partial charge in [0.2, 0.25) is 5.91 Å². The smallest absolute Gasteiger partial charge is 0.326 e. The van der Waals surface area contributed by atoms with Crippen LogP contribution in [0.1, 0.15) is 18.4 Å². The van der Waals surface area contributed by atoms with E-state index in [2.05, 4.69) is 5.32 Å². The zero-order valence-electron chi connectivity index (χ0n) is 12.5. The molecule has 0 spiro atoms. The van der Waals surface area contributed by atoms with Crippen molar-refractivity contribution in [1.82, 2.24) is 5.32 Å². The summed E-state index contributed by atoms with van der Waals surface area (Å²) in [5, 5.41) is 21.1. The summed E-state index contributed by atoms with van der Waals surface area (Å²) in [6.45, 7) is 0. The first-order chi connectivity index (χ1) is 10.8. The molecule has 0 bridgehead atoms. The van der Waals surface area contributed by atoms with Gasteiger partial charge in [0.25, 0.3) is 5.91 Å². The maximum atomic E-state index is 11.9. The zero-order valence-corrected chi connectivity index (χ0v) is 12.5. The van der Waals surface area contributed by atoms with E-state index in [-0.39, 0.29) is 19.3 Å². The lowest BCUT2D eigenvalue weighted by atomic mass is 10.0. The molecule has 0 aliphatic heterocycles. The van der Waals surface area contributed by atoms with Crippen molar-refractivity contribution in [3.05, 3.63) is 35.9 Å². The van der Waals surface area contributed by atoms with E-state index >= 15 is 0 Å². The number of carbonyl (C=O) groups excluding carboxylic acids is 2. The van der Waals surface area contributed by atoms with Gasteiger partial charge in [-0.1, -0.05) is 30.3 Å². The van der Waals surface area contributed by atoms with Gasteiger partial charge in [0, 0.05) is 12.5 Å². The Hall–Kier alpha value is -2.45. The van der Waals surface area contributed by atoms with Gasteiger partial charge in [0.05, 0.1) is 0 Å². The Balaban J connectivity index is 2.59. The maximum Gasteiger partial charge on any atom is 0.326 e. The lowest BCUT2D eigenvalue weighted by Gasteiger charge is -2.21. The van der Waals surface area contributed by atoms with Gasteiger partial charge in [0.1, 0.15) is 12.1 Å². The number of carbonyl (C=O) groups is 3. The van der Waals surface area contributed by atoms with E-state index in [4.69, 9.17) is 16.6 Å². The predicted octanol–water partition coefficient (Wildman–Crippen LogP) is -1.25. The number of carboxylic acid groups (broad SMARTS) is 1. The Bertz CT molecular complexity index is 549. The molecule has 23 heavy (non-hydrogen) atoms. The van der Waals surface area contributed by atoms with Crippen molar-refractivity contribution in [2.24, 2.45) is 11.5 Å². The van der Waals surface area contributed by atoms with E-state index in [9.17, 15) is 19.5 Å². The fourth-order valence-corrected chi connectivity index (χ4v) is 1.99. The van der Waals surface area contributed by atoms with Crippen LogP contribution >= 0.6 is 0 Å². The quantitative estimate of drug-likeness (QED) is 0.382. The second kappa shape index (κ2) is 8.86. The summed E-state index contributed by atoms with van der Waals surface area (Å²) < 4.78 is 0. The molecule has 126 valence electrons. The van der Waals surface area contributed by atoms with Gasteiger partial charge < -0.3 is 27.0 Å². The Morgan fingerprint density at radius 3 is 2.30 bits per heavy atom. The van der Waals surface area contributed by atoms with E-state index in [1.807, 2.05) is 6.07 Å². The number of benzene rings is 1. The second-order valence-corrected chi connectivity index (χ2v) is 5.20. The molecule has 1 aromatic rings. The third-order valence-electron chi connectivity index (χ3n) is 3.28. The number of rotatable bonds is 9. The summed E-state index contributed by atoms with van der Waals surface area (Å²) >= 11 is 0. The molecule has 0 saturated heterocycles. The number of aliphatic hydroxyl groups is 1. The molecule has 0 saturated carbocycles. The maximum absolute atomic E-state index is 11.9. The molecule has 0 unspecified atom stereocenters. The highest BCUT2D eigenvalue weighted by Gasteiger charge is 2.28. The first kappa shape index (κ1) is 18.6. The molecule has 8 heteroatoms. The largest absolute Gasteiger partial charge is 0.480 e. The van der Waals surface area contributed by atoms with Crippen LogP contribution in [0.15, 0.2) is 30.3 Å². The van der Waals surface area contributed by atoms with Crippen LogP contribution in [0.2, 0.25) is 0 Å². The number of nitrogens with one attached hydrogen (secondary N) is 1. The molecule has 7 N–H and O–H groups in total. The van der Waals surface area contributed by atoms with Gasteiger partial charge in [-0.25, -0.2) is 4.79 Å². The minimum absolute atomic E-state index is 0.156. The molecule has 3 atom stereocenters. The number of nitrogens with two attached hydrogens (primary N) is 2. The lowest BCUT2D eigenvalue weighted by molar-refractivity contribution is -0.144. The molecular weight excluding hydrogens is 302 g/mol. The van der Waals surface area contributed by atoms with Crippen LogP contribution < -0.4 is 16.8 Å². The van der Waals surface area contributed by atoms with Crippen LogP contribution in [0, 0.1) is 0 Å². The average Bonchev–Trinajstić information content (AvgIpc) is 2.50. The third-order valence-corrected chi connectivity index (χ3v) is 3.28. The normalized spacial score (nSPS) is 14.5. The lowest BCUT2D eigenvalue weighted by Crippen LogP contribution is -2.52. The van der Waals surface area contributed by atoms with Crippen LogP contribution in [0.25, 0.3) is 0 Å². The molecule has 0 aromatic heterocycles. The van der Waals surface area contributed by atoms with E-state index in [1.54, 1.807) is 24.3 Å². The van der Waals surface area contributed by atoms with Gasteiger partial charge >= 0.3 is 5.97 Å². The van der Waals surface area contributed by atoms with E-state index in [0.29, 0.717) is 0 Å². The Morgan fingerprint density at radius 2 is 1.78 bits per heavy atom. The Morgan fingerprint density at radius 1 is 1.17 bits per heavy atom. The molecule has 0 aliphatic rings. The van der Waals surface area contributed by atoms with Crippen LogP contribution in [0.4, 0.5) is 0 Å². The fraction of sp³-hybridized carbons (Fsp3) is 0.400. The summed E-state index contributed by atoms with van der Waals surface area (Å²) in [6, 6.07) is 6.84. The van der Waals surface area contributed by atoms with Crippen molar-refractivity contribution in [3.63, 3.8) is 0 Å². The van der Waals surface area contributed by atoms with Gasteiger partial charge in [-0.05, 0) is 18.4 Å². The molecule has 0 aliphatic carbocycles. The standard InChI is InChI=1S/C15H21N3O5/c16-10(8-9-4-2-1-3-5-9)13(20)14(21)18-11(15(22)23)6-7-12(17)19/h1-5,10-11,13,20H,6-8,16H2,(H2,17,19)(H,18,21)(H,22,23)/t10-,11+,13+/m1/s1. The number of hydrogen-bond donors (Lipinski definition) is 5. The molecule has 1 rings (SSSR count). The van der Waals surface area contributed by atoms with Gasteiger partial charge in [-0.3, -0.25) is 9.59 Å². The first-order valence-corrected chi connectivity index (χ1v) is 7.10. The third kappa shape index (κ3) is 6.45. The molecule has 0 fully saturated rings. The number of primary amides is 1. The Labute approximate surface area is 133 Å². The molecule has 0 radical (unpaired) electrons. The summed E-state index contributed by atoms with van der Waals surface area (Å²) in [5.74, 6) is -2.89. The van der Waals surface area contributed by atoms with E-state index in [1.165, 1.54) is 0 Å². The van der Waals surface area contributed by atoms with E-state index < -0.39 is 36.0 Å². The molecule has 8 nitrogen and oxygen atoms in total. The molecule has 0 heterocycles. The summed E-state index contributed by atoms with van der Waals surface area (Å²) in [5.41, 5.74) is 11.6. The van der Waals surface area contributed by atoms with Crippen molar-refractivity contribution in [3.8, 4) is 0 Å². The topological polar surface area (TPSA) is 156 Å². The van der Waals surface area contributed by atoms with Crippen LogP contribution in [-0.4, -0.2) is 46.2 Å². The number of hydrogen-bond acceptors (Lipinski definition) is 5. The minimum Gasteiger partial charge on any atom is -0.480 e. The van der Waals surface area contributed by atoms with Crippen molar-refractivity contribution >= 4 is 17.8 Å². The molecular formula is C15H21N3O5. The number of aliphatic hydroxyl groups excluding tert-OH is 1. The number of aliphatic carboxylic acids is 1. The number of carboxylic acids is 1. The average molecular weight is 323 g/mol. The highest BCUT2D eigenvalue weighted by molar-refractivity contribution is 5.87. The highest BCUT2D eigenvalue weighted by Crippen LogP contribution is 2.06. The van der Waals surface area contributed by atoms with E-state index in [0.717, 1.165) is 5.56 Å².